The van der Waals surface area contributed by atoms with E-state index >= 15 is 0 Å². The van der Waals surface area contributed by atoms with E-state index in [1.165, 1.54) is 19.2 Å². The van der Waals surface area contributed by atoms with E-state index in [4.69, 9.17) is 28.9 Å². The van der Waals surface area contributed by atoms with Gasteiger partial charge in [-0.25, -0.2) is 4.79 Å². The van der Waals surface area contributed by atoms with E-state index in [1.54, 1.807) is 29.2 Å². The van der Waals surface area contributed by atoms with Crippen LogP contribution in [0.3, 0.4) is 0 Å². The Morgan fingerprint density at radius 1 is 1.07 bits per heavy atom. The second kappa shape index (κ2) is 19.7. The Morgan fingerprint density at radius 2 is 1.80 bits per heavy atom. The molecule has 0 aromatic heterocycles. The Hall–Kier alpha value is -4.72. The van der Waals surface area contributed by atoms with Crippen LogP contribution in [0.5, 0.6) is 11.5 Å². The van der Waals surface area contributed by atoms with Gasteiger partial charge in [-0.3, -0.25) is 15.0 Å². The third-order valence-electron chi connectivity index (χ3n) is 10.8. The zero-order valence-corrected chi connectivity index (χ0v) is 32.0. The van der Waals surface area contributed by atoms with Crippen molar-refractivity contribution in [2.75, 3.05) is 40.1 Å². The van der Waals surface area contributed by atoms with E-state index in [0.717, 1.165) is 36.8 Å². The van der Waals surface area contributed by atoms with E-state index in [-0.39, 0.29) is 56.3 Å². The number of nitro benzene ring substituents is 1. The lowest BCUT2D eigenvalue weighted by atomic mass is 9.55. The van der Waals surface area contributed by atoms with Gasteiger partial charge < -0.3 is 34.0 Å². The Kier molecular flexibility index (Phi) is 14.9. The summed E-state index contributed by atoms with van der Waals surface area (Å²) in [6, 6.07) is 11.2. The van der Waals surface area contributed by atoms with Gasteiger partial charge in [-0.2, -0.15) is 0 Å². The van der Waals surface area contributed by atoms with Crippen LogP contribution < -0.4 is 9.47 Å². The van der Waals surface area contributed by atoms with Crippen molar-refractivity contribution in [1.29, 1.82) is 0 Å². The fraction of sp³-hybridized carbons (Fsp3) is 0.524. The van der Waals surface area contributed by atoms with Gasteiger partial charge in [0.25, 0.3) is 5.69 Å². The molecular formula is C42H55N3O10. The zero-order chi connectivity index (χ0) is 39.4. The Morgan fingerprint density at radius 3 is 2.45 bits per heavy atom. The van der Waals surface area contributed by atoms with Gasteiger partial charge in [-0.1, -0.05) is 49.7 Å². The Labute approximate surface area is 323 Å². The maximum atomic E-state index is 13.7. The van der Waals surface area contributed by atoms with Crippen LogP contribution >= 0.6 is 0 Å². The molecule has 1 fully saturated rings. The minimum Gasteiger partial charge on any atom is -0.490 e. The molecule has 2 N–H and O–H groups in total. The molecule has 0 radical (unpaired) electrons. The summed E-state index contributed by atoms with van der Waals surface area (Å²) < 4.78 is 25.5. The molecule has 1 amide bonds. The van der Waals surface area contributed by atoms with Crippen LogP contribution in [0.25, 0.3) is 0 Å². The van der Waals surface area contributed by atoms with Crippen LogP contribution in [0, 0.1) is 27.9 Å². The van der Waals surface area contributed by atoms with Crippen LogP contribution in [0.15, 0.2) is 84.6 Å². The number of non-ortho nitro benzene ring substituents is 1. The topological polar surface area (TPSA) is 162 Å². The lowest BCUT2D eigenvalue weighted by Crippen LogP contribution is -2.70. The number of aliphatic hydroxyl groups is 2. The number of nitrogens with zero attached hydrogens (tertiary/aromatic N) is 3. The molecule has 6 atom stereocenters. The number of aliphatic hydroxyl groups excluding tert-OH is 2. The maximum Gasteiger partial charge on any atom is 0.409 e. The number of carbonyl (C=O) groups excluding carboxylic acids is 1. The van der Waals surface area contributed by atoms with Gasteiger partial charge in [-0.05, 0) is 85.4 Å². The highest BCUT2D eigenvalue weighted by Crippen LogP contribution is 2.62. The van der Waals surface area contributed by atoms with Crippen LogP contribution in [-0.4, -0.2) is 83.8 Å². The monoisotopic (exact) mass is 761 g/mol. The summed E-state index contributed by atoms with van der Waals surface area (Å²) in [4.78, 5) is 32.2. The molecule has 2 aliphatic carbocycles. The highest BCUT2D eigenvalue weighted by atomic mass is 16.7. The number of amides is 1. The van der Waals surface area contributed by atoms with Gasteiger partial charge in [0.2, 0.25) is 5.79 Å². The van der Waals surface area contributed by atoms with Gasteiger partial charge in [-0.15, -0.1) is 6.58 Å². The van der Waals surface area contributed by atoms with Crippen LogP contribution in [0.4, 0.5) is 10.5 Å². The number of hydrogen-bond donors (Lipinski definition) is 2. The first-order chi connectivity index (χ1) is 26.8. The average Bonchev–Trinajstić information content (AvgIpc) is 3.19. The van der Waals surface area contributed by atoms with Crippen LogP contribution in [0.2, 0.25) is 0 Å². The summed E-state index contributed by atoms with van der Waals surface area (Å²) in [5.74, 6) is -0.672. The molecule has 13 nitrogen and oxygen atoms in total. The summed E-state index contributed by atoms with van der Waals surface area (Å²) in [5, 5.41) is 35.6. The first kappa shape index (κ1) is 41.4. The molecule has 0 spiro atoms. The molecule has 2 aromatic carbocycles. The number of oxime groups is 1. The van der Waals surface area contributed by atoms with E-state index in [1.807, 2.05) is 25.1 Å². The minimum atomic E-state index is -1.40. The number of hydrogen-bond acceptors (Lipinski definition) is 11. The predicted molar refractivity (Wildman–Crippen MR) is 208 cm³/mol. The molecule has 0 unspecified atom stereocenters. The quantitative estimate of drug-likeness (QED) is 0.0565. The van der Waals surface area contributed by atoms with E-state index in [2.05, 4.69) is 19.2 Å². The highest BCUT2D eigenvalue weighted by molar-refractivity contribution is 6.03. The largest absolute Gasteiger partial charge is 0.490 e. The summed E-state index contributed by atoms with van der Waals surface area (Å²) in [7, 11) is 1.36. The van der Waals surface area contributed by atoms with E-state index in [9.17, 15) is 25.1 Å². The van der Waals surface area contributed by atoms with Gasteiger partial charge in [0, 0.05) is 49.8 Å². The first-order valence-corrected chi connectivity index (χ1v) is 19.3. The number of methoxy groups -OCH3 is 1. The van der Waals surface area contributed by atoms with Crippen LogP contribution in [0.1, 0.15) is 75.3 Å². The molecule has 1 saturated carbocycles. The van der Waals surface area contributed by atoms with Crippen molar-refractivity contribution >= 4 is 17.5 Å². The summed E-state index contributed by atoms with van der Waals surface area (Å²) in [6.07, 6.45) is 10.5. The summed E-state index contributed by atoms with van der Waals surface area (Å²) in [6.45, 7) is 10.8. The normalized spacial score (nSPS) is 24.4. The standard InChI is InChI=1S/C42H55N3O10/c1-5-20-44(41(48)51-4)38-27-36(43-54-28-29-14-16-31(17-15-29)45(49)50)34-25-30(12-8-10-21-46)33(13-9-11-22-47)39-35-26-32(52-23-6-2)18-19-37(35)55-42(38,40(34)39)53-24-7-3/h6-7,14-19,25-26,30,33,38-40,46-47H,2-3,5,8-13,20-24,27-28H2,1,4H3/t30-,33+,38-,39+,40+,42+/m0/s1. The second-order valence-electron chi connectivity index (χ2n) is 14.2. The maximum absolute atomic E-state index is 13.7. The molecule has 5 rings (SSSR count). The van der Waals surface area contributed by atoms with Gasteiger partial charge in [0.05, 0.1) is 30.3 Å². The number of ether oxygens (including phenoxy) is 4. The lowest BCUT2D eigenvalue weighted by molar-refractivity contribution is -0.384. The third-order valence-corrected chi connectivity index (χ3v) is 10.8. The second-order valence-corrected chi connectivity index (χ2v) is 14.2. The lowest BCUT2D eigenvalue weighted by Gasteiger charge is -2.59. The molecule has 1 heterocycles. The van der Waals surface area contributed by atoms with Crippen molar-refractivity contribution in [1.82, 2.24) is 4.90 Å². The minimum absolute atomic E-state index is 0.0188. The molecule has 0 bridgehead atoms. The summed E-state index contributed by atoms with van der Waals surface area (Å²) >= 11 is 0. The van der Waals surface area contributed by atoms with Gasteiger partial charge in [0.1, 0.15) is 30.8 Å². The third kappa shape index (κ3) is 9.22. The molecule has 298 valence electrons. The van der Waals surface area contributed by atoms with Crippen molar-refractivity contribution in [3.05, 3.63) is 101 Å². The highest BCUT2D eigenvalue weighted by Gasteiger charge is 2.65. The van der Waals surface area contributed by atoms with Gasteiger partial charge >= 0.3 is 6.09 Å². The number of fused-ring (bicyclic) bond motifs is 2. The van der Waals surface area contributed by atoms with Crippen molar-refractivity contribution in [2.24, 2.45) is 22.9 Å². The predicted octanol–water partition coefficient (Wildman–Crippen LogP) is 7.47. The van der Waals surface area contributed by atoms with E-state index < -0.39 is 28.8 Å². The molecule has 3 aliphatic rings. The molecular weight excluding hydrogens is 706 g/mol. The van der Waals surface area contributed by atoms with Crippen molar-refractivity contribution in [3.63, 3.8) is 0 Å². The van der Waals surface area contributed by atoms with Crippen molar-refractivity contribution in [2.45, 2.75) is 82.6 Å². The Bertz CT molecular complexity index is 1690. The number of carbonyl (C=O) groups is 1. The number of unbranched alkanes of at least 4 members (excludes halogenated alkanes) is 2. The number of allylic oxidation sites excluding steroid dienone is 1. The fourth-order valence-electron chi connectivity index (χ4n) is 8.52. The number of rotatable bonds is 21. The summed E-state index contributed by atoms with van der Waals surface area (Å²) in [5.41, 5.74) is 3.16. The van der Waals surface area contributed by atoms with Crippen LogP contribution in [-0.2, 0) is 20.9 Å². The first-order valence-electron chi connectivity index (χ1n) is 19.3. The number of benzene rings is 2. The number of nitro groups is 1. The van der Waals surface area contributed by atoms with Crippen molar-refractivity contribution < 1.29 is 43.7 Å². The van der Waals surface area contributed by atoms with Crippen molar-refractivity contribution in [3.8, 4) is 11.5 Å². The fourth-order valence-corrected chi connectivity index (χ4v) is 8.52. The van der Waals surface area contributed by atoms with E-state index in [0.29, 0.717) is 55.2 Å². The zero-order valence-electron chi connectivity index (χ0n) is 32.0. The molecule has 1 aliphatic heterocycles. The Balaban J connectivity index is 1.74. The molecule has 55 heavy (non-hydrogen) atoms. The SMILES string of the molecule is C=CCOc1ccc2c(c1)[C@H]1[C@H](CCCCO)[C@@H](CCCCO)C=C3C(=NOCc4ccc([N+](=O)[O-])cc4)C[C@H](N(CCC)C(=O)OC)[C@@](OCC=C)(O2)[C@H]31. The molecule has 13 heteroatoms. The van der Waals surface area contributed by atoms with Gasteiger partial charge in [0.15, 0.2) is 0 Å². The smallest absolute Gasteiger partial charge is 0.409 e. The molecule has 2 aromatic rings. The molecule has 0 saturated heterocycles. The average molecular weight is 762 g/mol.